The minimum atomic E-state index is -4.46. The van der Waals surface area contributed by atoms with Crippen molar-refractivity contribution in [2.24, 2.45) is 0 Å². The zero-order valence-corrected chi connectivity index (χ0v) is 23.0. The van der Waals surface area contributed by atoms with Crippen LogP contribution in [0.3, 0.4) is 0 Å². The largest absolute Gasteiger partial charge is 0.408 e. The molecule has 3 aromatic rings. The Labute approximate surface area is 221 Å². The first-order valence-corrected chi connectivity index (χ1v) is 12.5. The Morgan fingerprint density at radius 2 is 1.29 bits per heavy atom. The molecule has 1 nitrogen and oxygen atoms in total. The first kappa shape index (κ1) is 33.0. The highest BCUT2D eigenvalue weighted by Gasteiger charge is 2.38. The van der Waals surface area contributed by atoms with Gasteiger partial charge in [0, 0.05) is 22.4 Å². The Balaban J connectivity index is 0.000000358. The van der Waals surface area contributed by atoms with Crippen LogP contribution < -0.4 is 5.32 Å². The fourth-order valence-corrected chi connectivity index (χ4v) is 3.93. The van der Waals surface area contributed by atoms with E-state index in [0.29, 0.717) is 5.56 Å². The van der Waals surface area contributed by atoms with Gasteiger partial charge >= 0.3 is 6.18 Å². The highest BCUT2D eigenvalue weighted by molar-refractivity contribution is 5.71. The summed E-state index contributed by atoms with van der Waals surface area (Å²) in [6.07, 6.45) is -4.68. The van der Waals surface area contributed by atoms with Gasteiger partial charge in [-0.3, -0.25) is 0 Å². The van der Waals surface area contributed by atoms with Crippen LogP contribution in [0.5, 0.6) is 0 Å². The van der Waals surface area contributed by atoms with Gasteiger partial charge in [0.2, 0.25) is 0 Å². The van der Waals surface area contributed by atoms with Crippen molar-refractivity contribution in [2.75, 3.05) is 5.32 Å². The second kappa shape index (κ2) is 14.2. The molecule has 0 heterocycles. The van der Waals surface area contributed by atoms with Crippen LogP contribution in [-0.2, 0) is 0 Å². The highest BCUT2D eigenvalue weighted by Crippen LogP contribution is 2.32. The first-order chi connectivity index (χ1) is 17.7. The van der Waals surface area contributed by atoms with Gasteiger partial charge in [0.05, 0.1) is 0 Å². The van der Waals surface area contributed by atoms with Gasteiger partial charge in [-0.15, -0.1) is 0 Å². The normalized spacial score (nSPS) is 11.8. The fraction of sp³-hybridized carbons (Fsp3) is 0.400. The average molecular weight is 544 g/mol. The lowest BCUT2D eigenvalue weighted by Crippen LogP contribution is -2.35. The summed E-state index contributed by atoms with van der Waals surface area (Å²) in [5.41, 5.74) is 3.07. The van der Waals surface area contributed by atoms with Gasteiger partial charge in [0.1, 0.15) is 29.3 Å². The second-order valence-electron chi connectivity index (χ2n) is 8.96. The third-order valence-corrected chi connectivity index (χ3v) is 5.87. The first-order valence-electron chi connectivity index (χ1n) is 12.5. The van der Waals surface area contributed by atoms with E-state index in [9.17, 15) is 30.7 Å². The van der Waals surface area contributed by atoms with Gasteiger partial charge in [0.25, 0.3) is 0 Å². The van der Waals surface area contributed by atoms with Crippen LogP contribution in [0.4, 0.5) is 36.4 Å². The third-order valence-electron chi connectivity index (χ3n) is 5.87. The topological polar surface area (TPSA) is 12.0 Å². The van der Waals surface area contributed by atoms with Crippen molar-refractivity contribution in [2.45, 2.75) is 79.9 Å². The summed E-state index contributed by atoms with van der Waals surface area (Å²) in [5, 5.41) is 2.11. The van der Waals surface area contributed by atoms with Crippen LogP contribution in [0.25, 0.3) is 11.1 Å². The maximum Gasteiger partial charge on any atom is 0.408 e. The number of anilines is 1. The van der Waals surface area contributed by atoms with E-state index >= 15 is 0 Å². The maximum absolute atomic E-state index is 14.1. The highest BCUT2D eigenvalue weighted by atomic mass is 19.4. The SMILES string of the molecule is CC.CCC(Nc1cc(F)c(C(C)C)c(F)c1)C(F)(F)F.Cc1cccc(C)c1-c1ccc(F)c(C)c1F. The van der Waals surface area contributed by atoms with Crippen molar-refractivity contribution >= 4 is 5.69 Å². The van der Waals surface area contributed by atoms with Gasteiger partial charge in [-0.25, -0.2) is 17.6 Å². The lowest BCUT2D eigenvalue weighted by Gasteiger charge is -2.22. The van der Waals surface area contributed by atoms with Crippen LogP contribution >= 0.6 is 0 Å². The molecule has 0 amide bonds. The quantitative estimate of drug-likeness (QED) is 0.316. The molecule has 0 fully saturated rings. The molecular weight excluding hydrogens is 507 g/mol. The molecule has 0 saturated carbocycles. The minimum absolute atomic E-state index is 0.0742. The molecule has 3 aromatic carbocycles. The summed E-state index contributed by atoms with van der Waals surface area (Å²) in [5.74, 6) is -3.03. The average Bonchev–Trinajstić information content (AvgIpc) is 2.82. The van der Waals surface area contributed by atoms with Crippen LogP contribution in [0.2, 0.25) is 0 Å². The van der Waals surface area contributed by atoms with E-state index in [2.05, 4.69) is 5.32 Å². The molecule has 0 aliphatic rings. The molecule has 38 heavy (non-hydrogen) atoms. The molecule has 0 radical (unpaired) electrons. The number of aryl methyl sites for hydroxylation is 2. The van der Waals surface area contributed by atoms with Gasteiger partial charge in [-0.1, -0.05) is 52.8 Å². The maximum atomic E-state index is 14.1. The van der Waals surface area contributed by atoms with E-state index in [-0.39, 0.29) is 29.2 Å². The van der Waals surface area contributed by atoms with Crippen molar-refractivity contribution in [3.05, 3.63) is 88.0 Å². The van der Waals surface area contributed by atoms with Gasteiger partial charge in [0.15, 0.2) is 0 Å². The Morgan fingerprint density at radius 3 is 1.71 bits per heavy atom. The molecule has 210 valence electrons. The fourth-order valence-electron chi connectivity index (χ4n) is 3.93. The monoisotopic (exact) mass is 543 g/mol. The van der Waals surface area contributed by atoms with E-state index in [1.54, 1.807) is 13.8 Å². The summed E-state index contributed by atoms with van der Waals surface area (Å²) in [7, 11) is 0. The Hall–Kier alpha value is -3.03. The molecule has 1 atom stereocenters. The van der Waals surface area contributed by atoms with E-state index in [1.165, 1.54) is 26.0 Å². The molecule has 1 N–H and O–H groups in total. The van der Waals surface area contributed by atoms with E-state index < -0.39 is 35.5 Å². The molecule has 3 rings (SSSR count). The molecular formula is C30H36F7N. The summed E-state index contributed by atoms with van der Waals surface area (Å²) >= 11 is 0. The Morgan fingerprint density at radius 1 is 0.789 bits per heavy atom. The molecule has 0 aliphatic carbocycles. The molecule has 8 heteroatoms. The smallest absolute Gasteiger partial charge is 0.374 e. The Bertz CT molecular complexity index is 1160. The standard InChI is InChI=1S/C15H14F2.C13H16F5N.C2H6/c1-9-5-4-6-10(2)14(9)12-7-8-13(16)11(3)15(12)17;1-4-11(13(16,17)18)19-8-5-9(14)12(7(2)3)10(15)6-8;1-2/h4-8H,1-3H3;5-7,11,19H,4H2,1-3H3;1-2H3. The number of benzene rings is 3. The zero-order valence-electron chi connectivity index (χ0n) is 23.0. The summed E-state index contributed by atoms with van der Waals surface area (Å²) in [4.78, 5) is 0. The van der Waals surface area contributed by atoms with Crippen LogP contribution in [0.15, 0.2) is 42.5 Å². The summed E-state index contributed by atoms with van der Waals surface area (Å²) in [6, 6.07) is 8.59. The van der Waals surface area contributed by atoms with Gasteiger partial charge < -0.3 is 5.32 Å². The molecule has 0 spiro atoms. The summed E-state index contributed by atoms with van der Waals surface area (Å²) in [6.45, 7) is 13.9. The molecule has 1 unspecified atom stereocenters. The number of halogens is 7. The van der Waals surface area contributed by atoms with Crippen molar-refractivity contribution in [3.63, 3.8) is 0 Å². The number of hydrogen-bond donors (Lipinski definition) is 1. The van der Waals surface area contributed by atoms with E-state index in [4.69, 9.17) is 0 Å². The number of alkyl halides is 3. The van der Waals surface area contributed by atoms with Gasteiger partial charge in [-0.05, 0) is 74.1 Å². The predicted molar refractivity (Wildman–Crippen MR) is 142 cm³/mol. The van der Waals surface area contributed by atoms with Crippen LogP contribution in [-0.4, -0.2) is 12.2 Å². The minimum Gasteiger partial charge on any atom is -0.374 e. The van der Waals surface area contributed by atoms with Crippen LogP contribution in [0, 0.1) is 44.0 Å². The molecule has 0 saturated heterocycles. The molecule has 0 aliphatic heterocycles. The number of nitrogens with one attached hydrogen (secondary N) is 1. The van der Waals surface area contributed by atoms with E-state index in [0.717, 1.165) is 28.8 Å². The van der Waals surface area contributed by atoms with Crippen molar-refractivity contribution < 1.29 is 30.7 Å². The Kier molecular flexibility index (Phi) is 12.3. The van der Waals surface area contributed by atoms with Crippen LogP contribution in [0.1, 0.15) is 69.2 Å². The van der Waals surface area contributed by atoms with Crippen molar-refractivity contribution in [1.82, 2.24) is 0 Å². The molecule has 0 bridgehead atoms. The molecule has 0 aromatic heterocycles. The van der Waals surface area contributed by atoms with E-state index in [1.807, 2.05) is 45.9 Å². The lowest BCUT2D eigenvalue weighted by molar-refractivity contribution is -0.142. The summed E-state index contributed by atoms with van der Waals surface area (Å²) < 4.78 is 92.3. The van der Waals surface area contributed by atoms with Crippen molar-refractivity contribution in [1.29, 1.82) is 0 Å². The number of hydrogen-bond acceptors (Lipinski definition) is 1. The van der Waals surface area contributed by atoms with Crippen molar-refractivity contribution in [3.8, 4) is 11.1 Å². The third kappa shape index (κ3) is 8.23. The second-order valence-corrected chi connectivity index (χ2v) is 8.96. The zero-order chi connectivity index (χ0) is 29.4. The number of rotatable bonds is 5. The predicted octanol–water partition coefficient (Wildman–Crippen LogP) is 10.4. The lowest BCUT2D eigenvalue weighted by atomic mass is 9.94. The van der Waals surface area contributed by atoms with Gasteiger partial charge in [-0.2, -0.15) is 13.2 Å².